The van der Waals surface area contributed by atoms with Crippen molar-refractivity contribution < 1.29 is 4.39 Å². The number of allylic oxidation sites excluding steroid dienone is 1. The van der Waals surface area contributed by atoms with Gasteiger partial charge in [-0.3, -0.25) is 0 Å². The minimum atomic E-state index is -1.05. The van der Waals surface area contributed by atoms with Crippen molar-refractivity contribution >= 4 is 15.9 Å². The Balaban J connectivity index is 3.33. The minimum absolute atomic E-state index is 0.333. The summed E-state index contributed by atoms with van der Waals surface area (Å²) in [6.45, 7) is 6.77. The molecule has 0 aliphatic rings. The van der Waals surface area contributed by atoms with Crippen LogP contribution in [0.5, 0.6) is 0 Å². The van der Waals surface area contributed by atoms with E-state index in [4.69, 9.17) is 0 Å². The van der Waals surface area contributed by atoms with E-state index >= 15 is 0 Å². The van der Waals surface area contributed by atoms with Crippen molar-refractivity contribution in [1.29, 1.82) is 0 Å². The Bertz CT molecular complexity index is 61.1. The maximum Gasteiger partial charge on any atom is 0.161 e. The van der Waals surface area contributed by atoms with Gasteiger partial charge in [-0.25, -0.2) is 4.39 Å². The minimum Gasteiger partial charge on any atom is -0.234 e. The molecule has 41 valence electrons. The summed E-state index contributed by atoms with van der Waals surface area (Å²) in [5.74, 6) is -0.333. The molecule has 2 unspecified atom stereocenters. The van der Waals surface area contributed by atoms with E-state index in [9.17, 15) is 4.39 Å². The number of hydrogen-bond acceptors (Lipinski definition) is 0. The summed E-state index contributed by atoms with van der Waals surface area (Å²) < 4.78 is 11.9. The van der Waals surface area contributed by atoms with Crippen molar-refractivity contribution in [2.75, 3.05) is 0 Å². The van der Waals surface area contributed by atoms with Gasteiger partial charge in [0.1, 0.15) is 0 Å². The maximum atomic E-state index is 11.9. The van der Waals surface area contributed by atoms with Crippen LogP contribution in [0.15, 0.2) is 12.7 Å². The summed E-state index contributed by atoms with van der Waals surface area (Å²) in [5.41, 5.74) is 0. The van der Waals surface area contributed by atoms with Crippen molar-refractivity contribution in [3.63, 3.8) is 0 Å². The number of halogens is 2. The Labute approximate surface area is 51.5 Å². The quantitative estimate of drug-likeness (QED) is 0.436. The Morgan fingerprint density at radius 1 is 1.71 bits per heavy atom. The van der Waals surface area contributed by atoms with Crippen molar-refractivity contribution in [3.8, 4) is 0 Å². The zero-order chi connectivity index (χ0) is 5.86. The molecule has 0 aromatic carbocycles. The van der Waals surface area contributed by atoms with Crippen molar-refractivity contribution in [3.05, 3.63) is 19.6 Å². The van der Waals surface area contributed by atoms with E-state index in [1.54, 1.807) is 0 Å². The fourth-order valence-electron chi connectivity index (χ4n) is 0.103. The largest absolute Gasteiger partial charge is 0.234 e. The highest BCUT2D eigenvalue weighted by Crippen LogP contribution is 2.12. The first-order valence-corrected chi connectivity index (χ1v) is 2.84. The Morgan fingerprint density at radius 3 is 2.14 bits per heavy atom. The van der Waals surface area contributed by atoms with Gasteiger partial charge in [-0.2, -0.15) is 0 Å². The molecule has 0 saturated heterocycles. The van der Waals surface area contributed by atoms with Gasteiger partial charge in [0.05, 0.1) is 0 Å². The summed E-state index contributed by atoms with van der Waals surface area (Å²) in [7, 11) is 0. The molecule has 2 heteroatoms. The van der Waals surface area contributed by atoms with Gasteiger partial charge in [0.25, 0.3) is 0 Å². The highest BCUT2D eigenvalue weighted by Gasteiger charge is 2.05. The van der Waals surface area contributed by atoms with Crippen molar-refractivity contribution in [2.24, 2.45) is 5.92 Å². The van der Waals surface area contributed by atoms with Crippen LogP contribution in [-0.4, -0.2) is 5.08 Å². The van der Waals surface area contributed by atoms with E-state index in [2.05, 4.69) is 29.4 Å². The molecule has 0 aliphatic heterocycles. The fourth-order valence-corrected chi connectivity index (χ4v) is 0.319. The molecule has 0 bridgehead atoms. The van der Waals surface area contributed by atoms with Crippen LogP contribution < -0.4 is 0 Å². The predicted molar refractivity (Wildman–Crippen MR) is 32.9 cm³/mol. The molecule has 0 spiro atoms. The molecule has 0 aliphatic carbocycles. The van der Waals surface area contributed by atoms with E-state index in [1.165, 1.54) is 6.08 Å². The van der Waals surface area contributed by atoms with E-state index < -0.39 is 5.08 Å². The van der Waals surface area contributed by atoms with Gasteiger partial charge in [-0.05, 0) is 6.92 Å². The standard InChI is InChI=1S/C5H7BrF/c1-3-4(2)5(6)7/h3-5H,1-2H2. The lowest BCUT2D eigenvalue weighted by Crippen LogP contribution is -1.99. The molecule has 1 radical (unpaired) electrons. The molecular formula is C5H7BrF. The first-order valence-electron chi connectivity index (χ1n) is 1.92. The van der Waals surface area contributed by atoms with Gasteiger partial charge in [0, 0.05) is 5.92 Å². The lowest BCUT2D eigenvalue weighted by atomic mass is 10.2. The summed E-state index contributed by atoms with van der Waals surface area (Å²) >= 11 is 2.70. The van der Waals surface area contributed by atoms with E-state index in [0.29, 0.717) is 0 Å². The fraction of sp³-hybridized carbons (Fsp3) is 0.400. The second-order valence-corrected chi connectivity index (χ2v) is 2.11. The first-order chi connectivity index (χ1) is 3.18. The summed E-state index contributed by atoms with van der Waals surface area (Å²) in [4.78, 5) is 0. The van der Waals surface area contributed by atoms with Crippen molar-refractivity contribution in [1.82, 2.24) is 0 Å². The highest BCUT2D eigenvalue weighted by atomic mass is 79.9. The number of rotatable bonds is 2. The van der Waals surface area contributed by atoms with Crippen LogP contribution in [0.4, 0.5) is 4.39 Å². The molecule has 0 fully saturated rings. The molecule has 0 aromatic rings. The molecule has 2 atom stereocenters. The zero-order valence-electron chi connectivity index (χ0n) is 3.90. The third-order valence-corrected chi connectivity index (χ3v) is 1.31. The molecule has 0 heterocycles. The van der Waals surface area contributed by atoms with Crippen LogP contribution in [0.1, 0.15) is 0 Å². The van der Waals surface area contributed by atoms with Crippen LogP contribution in [0.3, 0.4) is 0 Å². The predicted octanol–water partition coefficient (Wildman–Crippen LogP) is 2.31. The van der Waals surface area contributed by atoms with Gasteiger partial charge in [0.15, 0.2) is 5.08 Å². The zero-order valence-corrected chi connectivity index (χ0v) is 5.49. The lowest BCUT2D eigenvalue weighted by molar-refractivity contribution is 0.416. The molecular weight excluding hydrogens is 159 g/mol. The van der Waals surface area contributed by atoms with E-state index in [0.717, 1.165) is 0 Å². The van der Waals surface area contributed by atoms with Crippen LogP contribution in [0.2, 0.25) is 0 Å². The lowest BCUT2D eigenvalue weighted by Gasteiger charge is -2.01. The van der Waals surface area contributed by atoms with Gasteiger partial charge in [-0.1, -0.05) is 22.0 Å². The monoisotopic (exact) mass is 165 g/mol. The third kappa shape index (κ3) is 2.80. The summed E-state index contributed by atoms with van der Waals surface area (Å²) in [6, 6.07) is 0. The average Bonchev–Trinajstić information content (AvgIpc) is 1.65. The molecule has 0 aromatic heterocycles. The smallest absolute Gasteiger partial charge is 0.161 e. The van der Waals surface area contributed by atoms with Crippen LogP contribution >= 0.6 is 15.9 Å². The Morgan fingerprint density at radius 2 is 2.14 bits per heavy atom. The maximum absolute atomic E-state index is 11.9. The van der Waals surface area contributed by atoms with E-state index in [-0.39, 0.29) is 5.92 Å². The van der Waals surface area contributed by atoms with Crippen molar-refractivity contribution in [2.45, 2.75) is 5.08 Å². The average molecular weight is 166 g/mol. The van der Waals surface area contributed by atoms with Crippen LogP contribution in [0.25, 0.3) is 0 Å². The van der Waals surface area contributed by atoms with Gasteiger partial charge in [0.2, 0.25) is 0 Å². The molecule has 0 rings (SSSR count). The normalized spacial score (nSPS) is 18.1. The first kappa shape index (κ1) is 7.15. The second-order valence-electron chi connectivity index (χ2n) is 1.23. The molecule has 0 amide bonds. The van der Waals surface area contributed by atoms with E-state index in [1.807, 2.05) is 0 Å². The molecule has 0 saturated carbocycles. The van der Waals surface area contributed by atoms with Gasteiger partial charge in [-0.15, -0.1) is 6.58 Å². The van der Waals surface area contributed by atoms with Crippen LogP contribution in [0, 0.1) is 12.8 Å². The topological polar surface area (TPSA) is 0 Å². The summed E-state index contributed by atoms with van der Waals surface area (Å²) in [6.07, 6.45) is 1.46. The Hall–Kier alpha value is 0.150. The molecule has 0 nitrogen and oxygen atoms in total. The van der Waals surface area contributed by atoms with Gasteiger partial charge < -0.3 is 0 Å². The SMILES string of the molecule is [CH2]C(C=C)C(F)Br. The third-order valence-electron chi connectivity index (χ3n) is 0.626. The highest BCUT2D eigenvalue weighted by molar-refractivity contribution is 9.09. The molecule has 7 heavy (non-hydrogen) atoms. The second kappa shape index (κ2) is 3.19. The number of hydrogen-bond donors (Lipinski definition) is 0. The molecule has 0 N–H and O–H groups in total. The summed E-state index contributed by atoms with van der Waals surface area (Å²) in [5, 5.41) is -1.05. The Kier molecular flexibility index (Phi) is 3.26. The van der Waals surface area contributed by atoms with Gasteiger partial charge >= 0.3 is 0 Å². The van der Waals surface area contributed by atoms with Crippen LogP contribution in [-0.2, 0) is 0 Å². The number of alkyl halides is 2.